The van der Waals surface area contributed by atoms with E-state index in [1.54, 1.807) is 11.8 Å². The molecular formula is C6H12O3S2. The van der Waals surface area contributed by atoms with E-state index >= 15 is 0 Å². The molecule has 0 radical (unpaired) electrons. The van der Waals surface area contributed by atoms with Crippen LogP contribution in [0.25, 0.3) is 0 Å². The molecule has 0 spiro atoms. The molecule has 0 aliphatic carbocycles. The lowest BCUT2D eigenvalue weighted by atomic mass is 10.6. The van der Waals surface area contributed by atoms with Crippen LogP contribution in [0.2, 0.25) is 0 Å². The van der Waals surface area contributed by atoms with E-state index in [0.29, 0.717) is 5.75 Å². The van der Waals surface area contributed by atoms with Crippen LogP contribution in [0.5, 0.6) is 0 Å². The fourth-order valence-electron chi connectivity index (χ4n) is 0.470. The number of aliphatic hydroxyl groups is 1. The molecule has 3 nitrogen and oxygen atoms in total. The highest BCUT2D eigenvalue weighted by atomic mass is 32.2. The molecule has 0 rings (SSSR count). The Labute approximate surface area is 74.6 Å². The Bertz CT molecular complexity index is 118. The van der Waals surface area contributed by atoms with Crippen molar-refractivity contribution in [1.82, 2.24) is 0 Å². The van der Waals surface area contributed by atoms with Gasteiger partial charge in [0.05, 0.1) is 0 Å². The van der Waals surface area contributed by atoms with Gasteiger partial charge in [-0.1, -0.05) is 0 Å². The molecule has 0 bridgehead atoms. The summed E-state index contributed by atoms with van der Waals surface area (Å²) in [7, 11) is 0. The molecule has 5 heteroatoms. The van der Waals surface area contributed by atoms with Gasteiger partial charge < -0.3 is 10.2 Å². The van der Waals surface area contributed by atoms with Gasteiger partial charge in [-0.2, -0.15) is 11.8 Å². The molecule has 1 atom stereocenters. The van der Waals surface area contributed by atoms with Gasteiger partial charge in [0.15, 0.2) is 5.44 Å². The number of aliphatic carboxylic acids is 1. The van der Waals surface area contributed by atoms with E-state index in [4.69, 9.17) is 10.2 Å². The lowest BCUT2D eigenvalue weighted by Crippen LogP contribution is -2.15. The minimum atomic E-state index is -1.25. The molecule has 11 heavy (non-hydrogen) atoms. The van der Waals surface area contributed by atoms with Crippen molar-refractivity contribution < 1.29 is 15.0 Å². The molecule has 0 aromatic carbocycles. The average Bonchev–Trinajstić information content (AvgIpc) is 1.97. The van der Waals surface area contributed by atoms with Crippen molar-refractivity contribution in [3.8, 4) is 0 Å². The third-order valence-corrected chi connectivity index (χ3v) is 2.72. The number of carbonyl (C=O) groups is 1. The number of carboxylic acids is 1. The summed E-state index contributed by atoms with van der Waals surface area (Å²) in [5.74, 6) is 0.562. The Morgan fingerprint density at radius 2 is 2.18 bits per heavy atom. The fraction of sp³-hybridized carbons (Fsp3) is 0.833. The molecule has 0 saturated carbocycles. The van der Waals surface area contributed by atoms with E-state index in [-0.39, 0.29) is 0 Å². The Morgan fingerprint density at radius 3 is 2.64 bits per heavy atom. The average molecular weight is 196 g/mol. The van der Waals surface area contributed by atoms with Crippen molar-refractivity contribution in [3.05, 3.63) is 0 Å². The Balaban J connectivity index is 3.17. The fourth-order valence-corrected chi connectivity index (χ4v) is 1.76. The molecule has 0 fully saturated rings. The zero-order valence-corrected chi connectivity index (χ0v) is 7.95. The maximum atomic E-state index is 10.1. The first-order chi connectivity index (χ1) is 5.18. The zero-order valence-electron chi connectivity index (χ0n) is 6.32. The van der Waals surface area contributed by atoms with Crippen LogP contribution in [0.15, 0.2) is 0 Å². The van der Waals surface area contributed by atoms with Gasteiger partial charge in [0.25, 0.3) is 0 Å². The highest BCUT2D eigenvalue weighted by molar-refractivity contribution is 8.00. The van der Waals surface area contributed by atoms with E-state index in [2.05, 4.69) is 0 Å². The molecule has 0 aliphatic rings. The summed E-state index contributed by atoms with van der Waals surface area (Å²) >= 11 is 2.79. The van der Waals surface area contributed by atoms with Gasteiger partial charge in [0, 0.05) is 0 Å². The van der Waals surface area contributed by atoms with E-state index in [1.165, 1.54) is 0 Å². The van der Waals surface area contributed by atoms with Crippen molar-refractivity contribution in [2.45, 2.75) is 11.9 Å². The number of rotatable bonds is 6. The van der Waals surface area contributed by atoms with Gasteiger partial charge in [-0.3, -0.25) is 0 Å². The third-order valence-electron chi connectivity index (χ3n) is 0.980. The SMILES string of the molecule is CSCCCSC(O)C(=O)O. The maximum Gasteiger partial charge on any atom is 0.343 e. The van der Waals surface area contributed by atoms with Crippen molar-refractivity contribution in [3.63, 3.8) is 0 Å². The molecular weight excluding hydrogens is 184 g/mol. The van der Waals surface area contributed by atoms with E-state index in [0.717, 1.165) is 23.9 Å². The first kappa shape index (κ1) is 11.1. The highest BCUT2D eigenvalue weighted by Gasteiger charge is 2.11. The van der Waals surface area contributed by atoms with Crippen LogP contribution >= 0.6 is 23.5 Å². The molecule has 2 N–H and O–H groups in total. The topological polar surface area (TPSA) is 57.5 Å². The zero-order chi connectivity index (χ0) is 8.69. The summed E-state index contributed by atoms with van der Waals surface area (Å²) in [4.78, 5) is 10.1. The highest BCUT2D eigenvalue weighted by Crippen LogP contribution is 2.10. The van der Waals surface area contributed by atoms with Gasteiger partial charge in [-0.05, 0) is 24.2 Å². The normalized spacial score (nSPS) is 12.9. The second-order valence-corrected chi connectivity index (χ2v) is 4.08. The van der Waals surface area contributed by atoms with Crippen LogP contribution in [0.1, 0.15) is 6.42 Å². The monoisotopic (exact) mass is 196 g/mol. The quantitative estimate of drug-likeness (QED) is 0.488. The van der Waals surface area contributed by atoms with E-state index in [1.807, 2.05) is 6.26 Å². The standard InChI is InChI=1S/C6H12O3S2/c1-10-3-2-4-11-6(9)5(7)8/h6,9H,2-4H2,1H3,(H,7,8). The van der Waals surface area contributed by atoms with Gasteiger partial charge >= 0.3 is 5.97 Å². The molecule has 1 unspecified atom stereocenters. The molecule has 0 amide bonds. The largest absolute Gasteiger partial charge is 0.479 e. The molecule has 66 valence electrons. The number of carboxylic acid groups (broad SMARTS) is 1. The predicted octanol–water partition coefficient (Wildman–Crippen LogP) is 0.876. The molecule has 0 aromatic rings. The van der Waals surface area contributed by atoms with Crippen molar-refractivity contribution in [2.75, 3.05) is 17.8 Å². The van der Waals surface area contributed by atoms with Crippen LogP contribution in [-0.2, 0) is 4.79 Å². The molecule has 0 saturated heterocycles. The van der Waals surface area contributed by atoms with Gasteiger partial charge in [0.2, 0.25) is 0 Å². The number of aliphatic hydroxyl groups excluding tert-OH is 1. The van der Waals surface area contributed by atoms with Crippen LogP contribution in [-0.4, -0.2) is 39.4 Å². The van der Waals surface area contributed by atoms with Gasteiger partial charge in [0.1, 0.15) is 0 Å². The summed E-state index contributed by atoms with van der Waals surface area (Å²) in [6, 6.07) is 0. The Hall–Kier alpha value is 0.130. The van der Waals surface area contributed by atoms with Crippen molar-refractivity contribution >= 4 is 29.5 Å². The minimum Gasteiger partial charge on any atom is -0.479 e. The van der Waals surface area contributed by atoms with E-state index in [9.17, 15) is 4.79 Å². The minimum absolute atomic E-state index is 0.703. The number of hydrogen-bond donors (Lipinski definition) is 2. The Kier molecular flexibility index (Phi) is 6.90. The van der Waals surface area contributed by atoms with Gasteiger partial charge in [-0.25, -0.2) is 4.79 Å². The summed E-state index contributed by atoms with van der Waals surface area (Å²) < 4.78 is 0. The summed E-state index contributed by atoms with van der Waals surface area (Å²) in [6.45, 7) is 0. The van der Waals surface area contributed by atoms with Gasteiger partial charge in [-0.15, -0.1) is 11.8 Å². The summed E-state index contributed by atoms with van der Waals surface area (Å²) in [5, 5.41) is 17.0. The maximum absolute atomic E-state index is 10.1. The van der Waals surface area contributed by atoms with E-state index < -0.39 is 11.4 Å². The summed E-state index contributed by atoms with van der Waals surface area (Å²) in [6.07, 6.45) is 2.94. The molecule has 0 aromatic heterocycles. The Morgan fingerprint density at radius 1 is 1.55 bits per heavy atom. The van der Waals surface area contributed by atoms with Crippen LogP contribution in [0, 0.1) is 0 Å². The molecule has 0 heterocycles. The first-order valence-corrected chi connectivity index (χ1v) is 5.64. The van der Waals surface area contributed by atoms with Crippen molar-refractivity contribution in [2.24, 2.45) is 0 Å². The second-order valence-electron chi connectivity index (χ2n) is 1.91. The summed E-state index contributed by atoms with van der Waals surface area (Å²) in [5.41, 5.74) is -1.25. The van der Waals surface area contributed by atoms with Crippen LogP contribution in [0.4, 0.5) is 0 Å². The second kappa shape index (κ2) is 6.82. The van der Waals surface area contributed by atoms with Crippen LogP contribution < -0.4 is 0 Å². The first-order valence-electron chi connectivity index (χ1n) is 3.20. The number of hydrogen-bond acceptors (Lipinski definition) is 4. The lowest BCUT2D eigenvalue weighted by Gasteiger charge is -2.03. The predicted molar refractivity (Wildman–Crippen MR) is 49.1 cm³/mol. The smallest absolute Gasteiger partial charge is 0.343 e. The van der Waals surface area contributed by atoms with Crippen molar-refractivity contribution in [1.29, 1.82) is 0 Å². The lowest BCUT2D eigenvalue weighted by molar-refractivity contribution is -0.141. The van der Waals surface area contributed by atoms with Crippen LogP contribution in [0.3, 0.4) is 0 Å². The third kappa shape index (κ3) is 6.52. The molecule has 0 aliphatic heterocycles. The number of thioether (sulfide) groups is 2.